The van der Waals surface area contributed by atoms with Crippen LogP contribution in [-0.2, 0) is 17.8 Å². The Morgan fingerprint density at radius 3 is 2.64 bits per heavy atom. The van der Waals surface area contributed by atoms with Gasteiger partial charge < -0.3 is 9.42 Å². The van der Waals surface area contributed by atoms with Gasteiger partial charge in [0.15, 0.2) is 0 Å². The van der Waals surface area contributed by atoms with Crippen molar-refractivity contribution >= 4 is 40.4 Å². The topological polar surface area (TPSA) is 59.2 Å². The second kappa shape index (κ2) is 7.99. The third-order valence-corrected chi connectivity index (χ3v) is 5.04. The number of aryl methyl sites for hydroxylation is 1. The summed E-state index contributed by atoms with van der Waals surface area (Å²) in [5, 5.41) is 4.59. The van der Waals surface area contributed by atoms with Crippen molar-refractivity contribution < 1.29 is 9.32 Å². The first-order chi connectivity index (χ1) is 12.0. The maximum absolute atomic E-state index is 12.2. The summed E-state index contributed by atoms with van der Waals surface area (Å²) in [5.41, 5.74) is 0.817. The van der Waals surface area contributed by atoms with Gasteiger partial charge in [0.2, 0.25) is 17.6 Å². The molecule has 1 aromatic carbocycles. The highest BCUT2D eigenvalue weighted by Gasteiger charge is 2.14. The summed E-state index contributed by atoms with van der Waals surface area (Å²) >= 11 is 13.2. The van der Waals surface area contributed by atoms with E-state index in [1.165, 1.54) is 11.3 Å². The van der Waals surface area contributed by atoms with Crippen molar-refractivity contribution in [2.75, 3.05) is 7.05 Å². The lowest BCUT2D eigenvalue weighted by Gasteiger charge is -2.15. The van der Waals surface area contributed by atoms with Gasteiger partial charge in [-0.2, -0.15) is 4.98 Å². The highest BCUT2D eigenvalue weighted by molar-refractivity contribution is 7.16. The molecule has 0 bridgehead atoms. The second-order valence-electron chi connectivity index (χ2n) is 5.47. The van der Waals surface area contributed by atoms with Gasteiger partial charge in [-0.1, -0.05) is 28.4 Å². The fourth-order valence-electron chi connectivity index (χ4n) is 2.24. The number of carbonyl (C=O) groups excluding carboxylic acids is 1. The molecule has 8 heteroatoms. The quantitative estimate of drug-likeness (QED) is 0.606. The van der Waals surface area contributed by atoms with E-state index in [1.807, 2.05) is 24.3 Å². The fourth-order valence-corrected chi connectivity index (χ4v) is 3.50. The molecule has 1 amide bonds. The van der Waals surface area contributed by atoms with Crippen molar-refractivity contribution in [3.05, 3.63) is 56.5 Å². The largest absolute Gasteiger partial charge is 0.341 e. The SMILES string of the molecule is CN(Cc1ccc(Cl)s1)C(=O)CCc1nc(-c2ccc(Cl)cc2)no1. The average molecular weight is 396 g/mol. The summed E-state index contributed by atoms with van der Waals surface area (Å²) in [7, 11) is 1.77. The first-order valence-electron chi connectivity index (χ1n) is 7.58. The standard InChI is InChI=1S/C17H15Cl2N3O2S/c1-22(10-13-6-7-14(19)25-13)16(23)9-8-15-20-17(21-24-15)11-2-4-12(18)5-3-11/h2-7H,8-10H2,1H3. The third kappa shape index (κ3) is 4.81. The molecule has 0 N–H and O–H groups in total. The Hall–Kier alpha value is -1.89. The number of nitrogens with zero attached hydrogens (tertiary/aromatic N) is 3. The molecule has 0 saturated heterocycles. The number of rotatable bonds is 6. The van der Waals surface area contributed by atoms with Crippen LogP contribution < -0.4 is 0 Å². The van der Waals surface area contributed by atoms with Gasteiger partial charge in [-0.05, 0) is 36.4 Å². The molecule has 0 fully saturated rings. The van der Waals surface area contributed by atoms with Crippen molar-refractivity contribution in [2.24, 2.45) is 0 Å². The summed E-state index contributed by atoms with van der Waals surface area (Å²) in [6.07, 6.45) is 0.701. The van der Waals surface area contributed by atoms with E-state index in [0.717, 1.165) is 14.8 Å². The lowest BCUT2D eigenvalue weighted by Crippen LogP contribution is -2.26. The molecule has 130 valence electrons. The molecule has 0 radical (unpaired) electrons. The normalized spacial score (nSPS) is 10.8. The minimum absolute atomic E-state index is 0.00997. The Balaban J connectivity index is 1.54. The van der Waals surface area contributed by atoms with Gasteiger partial charge in [0.1, 0.15) is 0 Å². The van der Waals surface area contributed by atoms with Crippen LogP contribution in [0.4, 0.5) is 0 Å². The molecule has 0 aliphatic heterocycles. The molecular formula is C17H15Cl2N3O2S. The number of amides is 1. The Labute approximate surface area is 159 Å². The smallest absolute Gasteiger partial charge is 0.227 e. The van der Waals surface area contributed by atoms with E-state index in [2.05, 4.69) is 10.1 Å². The summed E-state index contributed by atoms with van der Waals surface area (Å²) < 4.78 is 5.94. The van der Waals surface area contributed by atoms with Crippen molar-refractivity contribution in [3.8, 4) is 11.4 Å². The van der Waals surface area contributed by atoms with Crippen LogP contribution >= 0.6 is 34.5 Å². The number of hydrogen-bond acceptors (Lipinski definition) is 5. The molecule has 0 aliphatic rings. The van der Waals surface area contributed by atoms with E-state index in [4.69, 9.17) is 27.7 Å². The number of aromatic nitrogens is 2. The summed E-state index contributed by atoms with van der Waals surface area (Å²) in [4.78, 5) is 19.3. The molecule has 2 aromatic heterocycles. The van der Waals surface area contributed by atoms with Gasteiger partial charge in [0.25, 0.3) is 0 Å². The van der Waals surface area contributed by atoms with Gasteiger partial charge in [-0.25, -0.2) is 0 Å². The van der Waals surface area contributed by atoms with Crippen molar-refractivity contribution in [1.82, 2.24) is 15.0 Å². The van der Waals surface area contributed by atoms with Gasteiger partial charge in [-0.15, -0.1) is 11.3 Å². The molecule has 5 nitrogen and oxygen atoms in total. The molecule has 0 aliphatic carbocycles. The zero-order valence-corrected chi connectivity index (χ0v) is 15.7. The maximum Gasteiger partial charge on any atom is 0.227 e. The van der Waals surface area contributed by atoms with Crippen LogP contribution in [0.3, 0.4) is 0 Å². The van der Waals surface area contributed by atoms with Crippen LogP contribution in [0.1, 0.15) is 17.2 Å². The lowest BCUT2D eigenvalue weighted by atomic mass is 10.2. The van der Waals surface area contributed by atoms with E-state index < -0.39 is 0 Å². The molecule has 3 aromatic rings. The summed E-state index contributed by atoms with van der Waals surface area (Å²) in [6.45, 7) is 0.538. The number of carbonyl (C=O) groups is 1. The predicted molar refractivity (Wildman–Crippen MR) is 98.9 cm³/mol. The van der Waals surface area contributed by atoms with E-state index in [-0.39, 0.29) is 5.91 Å². The zero-order chi connectivity index (χ0) is 17.8. The lowest BCUT2D eigenvalue weighted by molar-refractivity contribution is -0.130. The van der Waals surface area contributed by atoms with Crippen LogP contribution in [0, 0.1) is 0 Å². The van der Waals surface area contributed by atoms with Gasteiger partial charge >= 0.3 is 0 Å². The molecule has 0 unspecified atom stereocenters. The molecule has 3 rings (SSSR count). The van der Waals surface area contributed by atoms with Crippen LogP contribution in [0.2, 0.25) is 9.36 Å². The van der Waals surface area contributed by atoms with E-state index in [9.17, 15) is 4.79 Å². The summed E-state index contributed by atoms with van der Waals surface area (Å²) in [5.74, 6) is 0.933. The molecule has 0 atom stereocenters. The first-order valence-corrected chi connectivity index (χ1v) is 9.15. The molecule has 0 saturated carbocycles. The van der Waals surface area contributed by atoms with E-state index >= 15 is 0 Å². The monoisotopic (exact) mass is 395 g/mol. The fraction of sp³-hybridized carbons (Fsp3) is 0.235. The van der Waals surface area contributed by atoms with E-state index in [0.29, 0.717) is 36.1 Å². The minimum Gasteiger partial charge on any atom is -0.341 e. The Morgan fingerprint density at radius 2 is 1.96 bits per heavy atom. The number of hydrogen-bond donors (Lipinski definition) is 0. The minimum atomic E-state index is 0.00997. The number of halogens is 2. The Morgan fingerprint density at radius 1 is 1.20 bits per heavy atom. The second-order valence-corrected chi connectivity index (χ2v) is 7.71. The van der Waals surface area contributed by atoms with Crippen molar-refractivity contribution in [2.45, 2.75) is 19.4 Å². The first kappa shape index (κ1) is 17.9. The molecule has 2 heterocycles. The van der Waals surface area contributed by atoms with Crippen molar-refractivity contribution in [3.63, 3.8) is 0 Å². The van der Waals surface area contributed by atoms with E-state index in [1.54, 1.807) is 24.1 Å². The van der Waals surface area contributed by atoms with Gasteiger partial charge in [0.05, 0.1) is 10.9 Å². The highest BCUT2D eigenvalue weighted by atomic mass is 35.5. The number of benzene rings is 1. The molecule has 25 heavy (non-hydrogen) atoms. The van der Waals surface area contributed by atoms with Crippen LogP contribution in [-0.4, -0.2) is 28.0 Å². The Bertz CT molecular complexity index is 861. The Kier molecular flexibility index (Phi) is 5.73. The zero-order valence-electron chi connectivity index (χ0n) is 13.4. The molecular weight excluding hydrogens is 381 g/mol. The van der Waals surface area contributed by atoms with Crippen molar-refractivity contribution in [1.29, 1.82) is 0 Å². The summed E-state index contributed by atoms with van der Waals surface area (Å²) in [6, 6.07) is 10.9. The maximum atomic E-state index is 12.2. The van der Waals surface area contributed by atoms with Gasteiger partial charge in [0, 0.05) is 35.4 Å². The highest BCUT2D eigenvalue weighted by Crippen LogP contribution is 2.23. The van der Waals surface area contributed by atoms with Gasteiger partial charge in [-0.3, -0.25) is 4.79 Å². The number of thiophene rings is 1. The van der Waals surface area contributed by atoms with Crippen LogP contribution in [0.5, 0.6) is 0 Å². The predicted octanol–water partition coefficient (Wildman–Crippen LogP) is 4.70. The third-order valence-electron chi connectivity index (χ3n) is 3.57. The van der Waals surface area contributed by atoms with Crippen LogP contribution in [0.25, 0.3) is 11.4 Å². The molecule has 0 spiro atoms. The average Bonchev–Trinajstić information content (AvgIpc) is 3.22. The van der Waals surface area contributed by atoms with Crippen LogP contribution in [0.15, 0.2) is 40.9 Å².